The van der Waals surface area contributed by atoms with Gasteiger partial charge in [-0.05, 0) is 23.3 Å². The van der Waals surface area contributed by atoms with Crippen LogP contribution in [0.1, 0.15) is 17.0 Å². The van der Waals surface area contributed by atoms with Crippen LogP contribution in [0.5, 0.6) is 0 Å². The van der Waals surface area contributed by atoms with E-state index in [9.17, 15) is 4.79 Å². The zero-order valence-corrected chi connectivity index (χ0v) is 11.6. The maximum Gasteiger partial charge on any atom is 0.255 e. The summed E-state index contributed by atoms with van der Waals surface area (Å²) in [5.74, 6) is -0.953. The molecule has 0 aliphatic carbocycles. The fourth-order valence-electron chi connectivity index (χ4n) is 2.17. The number of hydroxylamine groups is 1. The van der Waals surface area contributed by atoms with Crippen LogP contribution in [-0.2, 0) is 4.79 Å². The predicted octanol–water partition coefficient (Wildman–Crippen LogP) is 2.39. The minimum absolute atomic E-state index is 0.436. The van der Waals surface area contributed by atoms with Gasteiger partial charge in [0.05, 0.1) is 5.92 Å². The Kier molecular flexibility index (Phi) is 4.38. The van der Waals surface area contributed by atoms with Crippen LogP contribution in [0.25, 0.3) is 0 Å². The van der Waals surface area contributed by atoms with Gasteiger partial charge in [-0.25, -0.2) is 5.48 Å². The van der Waals surface area contributed by atoms with Crippen LogP contribution in [0, 0.1) is 0 Å². The fraction of sp³-hybridized carbons (Fsp3) is 0.188. The molecule has 20 heavy (non-hydrogen) atoms. The van der Waals surface area contributed by atoms with E-state index < -0.39 is 11.8 Å². The van der Waals surface area contributed by atoms with E-state index in [1.54, 1.807) is 5.48 Å². The van der Waals surface area contributed by atoms with E-state index in [1.165, 1.54) is 0 Å². The maximum absolute atomic E-state index is 12.0. The van der Waals surface area contributed by atoms with Crippen LogP contribution in [0.3, 0.4) is 0 Å². The molecule has 1 unspecified atom stereocenters. The molecule has 4 heteroatoms. The average Bonchev–Trinajstić information content (AvgIpc) is 2.49. The standard InChI is InChI=1S/C16H18N2O2/c1-18(2)14-10-8-13(9-11-14)15(16(19)17-20)12-6-4-3-5-7-12/h3-11,15,20H,1-2H3,(H,17,19). The van der Waals surface area contributed by atoms with Crippen molar-refractivity contribution in [2.45, 2.75) is 5.92 Å². The summed E-state index contributed by atoms with van der Waals surface area (Å²) in [6.45, 7) is 0. The Morgan fingerprint density at radius 3 is 2.05 bits per heavy atom. The molecule has 0 aliphatic rings. The molecule has 1 amide bonds. The van der Waals surface area contributed by atoms with E-state index in [2.05, 4.69) is 0 Å². The van der Waals surface area contributed by atoms with Gasteiger partial charge >= 0.3 is 0 Å². The zero-order valence-electron chi connectivity index (χ0n) is 11.6. The first-order valence-electron chi connectivity index (χ1n) is 6.39. The second kappa shape index (κ2) is 6.21. The summed E-state index contributed by atoms with van der Waals surface area (Å²) in [4.78, 5) is 14.0. The Balaban J connectivity index is 2.39. The van der Waals surface area contributed by atoms with Gasteiger partial charge in [-0.3, -0.25) is 10.0 Å². The van der Waals surface area contributed by atoms with E-state index in [0.717, 1.165) is 16.8 Å². The molecule has 2 rings (SSSR count). The summed E-state index contributed by atoms with van der Waals surface area (Å²) >= 11 is 0. The molecule has 0 fully saturated rings. The molecule has 0 radical (unpaired) electrons. The predicted molar refractivity (Wildman–Crippen MR) is 79.0 cm³/mol. The first-order valence-corrected chi connectivity index (χ1v) is 6.39. The molecule has 0 saturated heterocycles. The van der Waals surface area contributed by atoms with Crippen molar-refractivity contribution in [3.05, 3.63) is 65.7 Å². The minimum atomic E-state index is -0.516. The van der Waals surface area contributed by atoms with Crippen molar-refractivity contribution in [2.75, 3.05) is 19.0 Å². The number of carbonyl (C=O) groups excluding carboxylic acids is 1. The molecule has 0 aromatic heterocycles. The first-order chi connectivity index (χ1) is 9.63. The van der Waals surface area contributed by atoms with Gasteiger partial charge in [0.25, 0.3) is 5.91 Å². The SMILES string of the molecule is CN(C)c1ccc(C(C(=O)NO)c2ccccc2)cc1. The number of rotatable bonds is 4. The molecule has 2 N–H and O–H groups in total. The number of nitrogens with zero attached hydrogens (tertiary/aromatic N) is 1. The van der Waals surface area contributed by atoms with E-state index in [-0.39, 0.29) is 0 Å². The number of anilines is 1. The molecule has 0 spiro atoms. The van der Waals surface area contributed by atoms with Crippen LogP contribution in [0.15, 0.2) is 54.6 Å². The van der Waals surface area contributed by atoms with Crippen molar-refractivity contribution < 1.29 is 10.0 Å². The summed E-state index contributed by atoms with van der Waals surface area (Å²) < 4.78 is 0. The second-order valence-electron chi connectivity index (χ2n) is 4.81. The van der Waals surface area contributed by atoms with Crippen LogP contribution < -0.4 is 10.4 Å². The maximum atomic E-state index is 12.0. The molecule has 2 aromatic carbocycles. The smallest absolute Gasteiger partial charge is 0.255 e. The normalized spacial score (nSPS) is 11.8. The number of nitrogens with one attached hydrogen (secondary N) is 1. The lowest BCUT2D eigenvalue weighted by atomic mass is 9.90. The van der Waals surface area contributed by atoms with Crippen LogP contribution in [0.2, 0.25) is 0 Å². The first kappa shape index (κ1) is 14.1. The highest BCUT2D eigenvalue weighted by Crippen LogP contribution is 2.26. The Morgan fingerprint density at radius 1 is 1.00 bits per heavy atom. The summed E-state index contributed by atoms with van der Waals surface area (Å²) in [6, 6.07) is 17.1. The minimum Gasteiger partial charge on any atom is -0.378 e. The lowest BCUT2D eigenvalue weighted by molar-refractivity contribution is -0.129. The molecule has 0 bridgehead atoms. The molecule has 0 aliphatic heterocycles. The Morgan fingerprint density at radius 2 is 1.55 bits per heavy atom. The summed E-state index contributed by atoms with van der Waals surface area (Å²) in [5, 5.41) is 8.96. The van der Waals surface area contributed by atoms with E-state index in [0.29, 0.717) is 0 Å². The van der Waals surface area contributed by atoms with Gasteiger partial charge in [-0.2, -0.15) is 0 Å². The van der Waals surface area contributed by atoms with E-state index in [4.69, 9.17) is 5.21 Å². The third-order valence-corrected chi connectivity index (χ3v) is 3.25. The molecule has 1 atom stereocenters. The van der Waals surface area contributed by atoms with Gasteiger partial charge < -0.3 is 4.90 Å². The van der Waals surface area contributed by atoms with Crippen molar-refractivity contribution in [1.82, 2.24) is 5.48 Å². The summed E-state index contributed by atoms with van der Waals surface area (Å²) in [6.07, 6.45) is 0. The highest BCUT2D eigenvalue weighted by atomic mass is 16.5. The quantitative estimate of drug-likeness (QED) is 0.662. The third kappa shape index (κ3) is 2.97. The van der Waals surface area contributed by atoms with E-state index in [1.807, 2.05) is 73.6 Å². The van der Waals surface area contributed by atoms with Crippen LogP contribution >= 0.6 is 0 Å². The van der Waals surface area contributed by atoms with Crippen LogP contribution in [-0.4, -0.2) is 25.2 Å². The number of benzene rings is 2. The van der Waals surface area contributed by atoms with Gasteiger partial charge in [-0.1, -0.05) is 42.5 Å². The lowest BCUT2D eigenvalue weighted by Gasteiger charge is -2.18. The van der Waals surface area contributed by atoms with Crippen molar-refractivity contribution in [3.63, 3.8) is 0 Å². The number of hydrogen-bond donors (Lipinski definition) is 2. The van der Waals surface area contributed by atoms with Gasteiger partial charge in [0.15, 0.2) is 0 Å². The second-order valence-corrected chi connectivity index (χ2v) is 4.81. The van der Waals surface area contributed by atoms with Crippen molar-refractivity contribution in [1.29, 1.82) is 0 Å². The molecule has 104 valence electrons. The van der Waals surface area contributed by atoms with Crippen LogP contribution in [0.4, 0.5) is 5.69 Å². The Labute approximate surface area is 118 Å². The number of amides is 1. The van der Waals surface area contributed by atoms with Gasteiger partial charge in [0.1, 0.15) is 0 Å². The molecule has 0 saturated carbocycles. The highest BCUT2D eigenvalue weighted by Gasteiger charge is 2.22. The molecule has 0 heterocycles. The van der Waals surface area contributed by atoms with E-state index >= 15 is 0 Å². The van der Waals surface area contributed by atoms with Crippen molar-refractivity contribution in [2.24, 2.45) is 0 Å². The highest BCUT2D eigenvalue weighted by molar-refractivity contribution is 5.86. The molecular formula is C16H18N2O2. The van der Waals surface area contributed by atoms with Gasteiger partial charge in [0.2, 0.25) is 0 Å². The van der Waals surface area contributed by atoms with Gasteiger partial charge in [-0.15, -0.1) is 0 Å². The monoisotopic (exact) mass is 270 g/mol. The molecule has 2 aromatic rings. The average molecular weight is 270 g/mol. The lowest BCUT2D eigenvalue weighted by Crippen LogP contribution is -2.27. The number of hydrogen-bond acceptors (Lipinski definition) is 3. The Bertz CT molecular complexity index is 565. The topological polar surface area (TPSA) is 52.6 Å². The summed E-state index contributed by atoms with van der Waals surface area (Å²) in [5.41, 5.74) is 4.50. The molecular weight excluding hydrogens is 252 g/mol. The fourth-order valence-corrected chi connectivity index (χ4v) is 2.17. The molecule has 4 nitrogen and oxygen atoms in total. The Hall–Kier alpha value is -2.33. The summed E-state index contributed by atoms with van der Waals surface area (Å²) in [7, 11) is 3.92. The largest absolute Gasteiger partial charge is 0.378 e. The van der Waals surface area contributed by atoms with Crippen molar-refractivity contribution in [3.8, 4) is 0 Å². The third-order valence-electron chi connectivity index (χ3n) is 3.25. The zero-order chi connectivity index (χ0) is 14.5. The van der Waals surface area contributed by atoms with Gasteiger partial charge in [0, 0.05) is 19.8 Å². The van der Waals surface area contributed by atoms with Crippen molar-refractivity contribution >= 4 is 11.6 Å². The number of carbonyl (C=O) groups is 1.